The lowest BCUT2D eigenvalue weighted by atomic mass is 10.2. The molecule has 108 valence electrons. The maximum Gasteiger partial charge on any atom is 0.135 e. The van der Waals surface area contributed by atoms with E-state index in [0.717, 1.165) is 37.1 Å². The summed E-state index contributed by atoms with van der Waals surface area (Å²) in [6, 6.07) is 9.76. The summed E-state index contributed by atoms with van der Waals surface area (Å²) in [5.74, 6) is 0.643. The molecule has 4 nitrogen and oxygen atoms in total. The van der Waals surface area contributed by atoms with Crippen LogP contribution in [0.25, 0.3) is 11.0 Å². The van der Waals surface area contributed by atoms with E-state index in [1.165, 1.54) is 0 Å². The van der Waals surface area contributed by atoms with Crippen molar-refractivity contribution < 1.29 is 14.3 Å². The monoisotopic (exact) mass is 275 g/mol. The molecule has 0 saturated carbocycles. The van der Waals surface area contributed by atoms with Gasteiger partial charge in [-0.3, -0.25) is 4.90 Å². The molecular formula is C16H21NO3. The smallest absolute Gasteiger partial charge is 0.135 e. The summed E-state index contributed by atoms with van der Waals surface area (Å²) in [5.41, 5.74) is 0.828. The van der Waals surface area contributed by atoms with Crippen LogP contribution in [0.1, 0.15) is 25.2 Å². The van der Waals surface area contributed by atoms with E-state index in [0.29, 0.717) is 12.3 Å². The Balaban J connectivity index is 1.70. The van der Waals surface area contributed by atoms with E-state index in [1.807, 2.05) is 30.3 Å². The normalized spacial score (nSPS) is 22.8. The van der Waals surface area contributed by atoms with Gasteiger partial charge in [0.1, 0.15) is 17.4 Å². The highest BCUT2D eigenvalue weighted by atomic mass is 16.5. The molecule has 2 atom stereocenters. The number of aliphatic hydroxyl groups excluding tert-OH is 1. The zero-order valence-corrected chi connectivity index (χ0v) is 11.8. The van der Waals surface area contributed by atoms with Gasteiger partial charge in [0, 0.05) is 31.6 Å². The van der Waals surface area contributed by atoms with Crippen LogP contribution >= 0.6 is 0 Å². The molecule has 2 unspecified atom stereocenters. The molecule has 3 rings (SSSR count). The minimum Gasteiger partial charge on any atom is -0.458 e. The molecule has 1 aliphatic rings. The molecule has 1 aromatic carbocycles. The Kier molecular flexibility index (Phi) is 4.05. The molecule has 0 amide bonds. The average molecular weight is 275 g/mol. The Morgan fingerprint density at radius 1 is 1.40 bits per heavy atom. The summed E-state index contributed by atoms with van der Waals surface area (Å²) in [4.78, 5) is 2.25. The molecule has 0 radical (unpaired) electrons. The van der Waals surface area contributed by atoms with Gasteiger partial charge in [-0.1, -0.05) is 18.2 Å². The number of aliphatic hydroxyl groups is 1. The Morgan fingerprint density at radius 2 is 2.25 bits per heavy atom. The fourth-order valence-corrected chi connectivity index (χ4v) is 2.75. The first kappa shape index (κ1) is 13.6. The summed E-state index contributed by atoms with van der Waals surface area (Å²) in [7, 11) is 0. The lowest BCUT2D eigenvalue weighted by Gasteiger charge is -2.23. The number of hydrogen-bond donors (Lipinski definition) is 1. The summed E-state index contributed by atoms with van der Waals surface area (Å²) in [6.07, 6.45) is 0.644. The topological polar surface area (TPSA) is 45.8 Å². The van der Waals surface area contributed by atoms with E-state index in [2.05, 4.69) is 11.8 Å². The molecular weight excluding hydrogens is 254 g/mol. The molecule has 1 saturated heterocycles. The maximum absolute atomic E-state index is 10.4. The van der Waals surface area contributed by atoms with E-state index in [1.54, 1.807) is 0 Å². The summed E-state index contributed by atoms with van der Waals surface area (Å²) < 4.78 is 11.3. The SMILES string of the molecule is CC1CN(CC(O)c2cc3ccccc3o2)CCCO1. The minimum absolute atomic E-state index is 0.223. The molecule has 2 aromatic rings. The average Bonchev–Trinajstić information content (AvgIpc) is 2.77. The number of β-amino-alcohol motifs (C(OH)–C–C–N with tert-alkyl or cyclic N) is 1. The Bertz CT molecular complexity index is 533. The third-order valence-corrected chi connectivity index (χ3v) is 3.74. The Labute approximate surface area is 118 Å². The van der Waals surface area contributed by atoms with Gasteiger partial charge in [0.15, 0.2) is 0 Å². The predicted molar refractivity (Wildman–Crippen MR) is 77.6 cm³/mol. The van der Waals surface area contributed by atoms with Gasteiger partial charge in [-0.2, -0.15) is 0 Å². The summed E-state index contributed by atoms with van der Waals surface area (Å²) in [5, 5.41) is 11.4. The number of benzene rings is 1. The van der Waals surface area contributed by atoms with Crippen LogP contribution in [0.2, 0.25) is 0 Å². The van der Waals surface area contributed by atoms with Crippen LogP contribution in [0.4, 0.5) is 0 Å². The van der Waals surface area contributed by atoms with Crippen molar-refractivity contribution in [3.05, 3.63) is 36.1 Å². The molecule has 0 spiro atoms. The molecule has 2 heterocycles. The highest BCUT2D eigenvalue weighted by molar-refractivity contribution is 5.77. The number of rotatable bonds is 3. The van der Waals surface area contributed by atoms with Crippen LogP contribution < -0.4 is 0 Å². The first-order valence-corrected chi connectivity index (χ1v) is 7.23. The van der Waals surface area contributed by atoms with Crippen molar-refractivity contribution in [2.75, 3.05) is 26.2 Å². The lowest BCUT2D eigenvalue weighted by molar-refractivity contribution is 0.0525. The van der Waals surface area contributed by atoms with Crippen molar-refractivity contribution in [2.45, 2.75) is 25.6 Å². The predicted octanol–water partition coefficient (Wildman–Crippen LogP) is 2.58. The number of fused-ring (bicyclic) bond motifs is 1. The van der Waals surface area contributed by atoms with Crippen molar-refractivity contribution in [2.24, 2.45) is 0 Å². The highest BCUT2D eigenvalue weighted by Gasteiger charge is 2.20. The van der Waals surface area contributed by atoms with Crippen LogP contribution in [0.5, 0.6) is 0 Å². The molecule has 20 heavy (non-hydrogen) atoms. The molecule has 1 fully saturated rings. The standard InChI is InChI=1S/C16H21NO3/c1-12-10-17(7-4-8-19-12)11-14(18)16-9-13-5-2-3-6-15(13)20-16/h2-3,5-6,9,12,14,18H,4,7-8,10-11H2,1H3. The third-order valence-electron chi connectivity index (χ3n) is 3.74. The van der Waals surface area contributed by atoms with Crippen molar-refractivity contribution in [3.63, 3.8) is 0 Å². The number of hydrogen-bond acceptors (Lipinski definition) is 4. The van der Waals surface area contributed by atoms with Crippen LogP contribution in [0.15, 0.2) is 34.7 Å². The number of para-hydroxylation sites is 1. The zero-order chi connectivity index (χ0) is 13.9. The minimum atomic E-state index is -0.590. The molecule has 1 N–H and O–H groups in total. The number of furan rings is 1. The number of nitrogens with zero attached hydrogens (tertiary/aromatic N) is 1. The molecule has 0 aliphatic carbocycles. The van der Waals surface area contributed by atoms with Crippen LogP contribution in [-0.2, 0) is 4.74 Å². The molecule has 0 bridgehead atoms. The number of ether oxygens (including phenoxy) is 1. The molecule has 1 aromatic heterocycles. The van der Waals surface area contributed by atoms with E-state index >= 15 is 0 Å². The van der Waals surface area contributed by atoms with Gasteiger partial charge in [0.25, 0.3) is 0 Å². The first-order chi connectivity index (χ1) is 9.72. The molecule has 1 aliphatic heterocycles. The Hall–Kier alpha value is -1.36. The van der Waals surface area contributed by atoms with E-state index in [9.17, 15) is 5.11 Å². The van der Waals surface area contributed by atoms with Gasteiger partial charge in [-0.05, 0) is 25.5 Å². The summed E-state index contributed by atoms with van der Waals surface area (Å²) in [6.45, 7) is 5.29. The van der Waals surface area contributed by atoms with Crippen LogP contribution in [0, 0.1) is 0 Å². The zero-order valence-electron chi connectivity index (χ0n) is 11.8. The van der Waals surface area contributed by atoms with Crippen molar-refractivity contribution >= 4 is 11.0 Å². The second-order valence-corrected chi connectivity index (χ2v) is 5.50. The second kappa shape index (κ2) is 5.95. The largest absolute Gasteiger partial charge is 0.458 e. The van der Waals surface area contributed by atoms with Gasteiger partial charge in [0.05, 0.1) is 6.10 Å². The lowest BCUT2D eigenvalue weighted by Crippen LogP contribution is -2.33. The van der Waals surface area contributed by atoms with Gasteiger partial charge >= 0.3 is 0 Å². The Morgan fingerprint density at radius 3 is 3.10 bits per heavy atom. The fourth-order valence-electron chi connectivity index (χ4n) is 2.75. The second-order valence-electron chi connectivity index (χ2n) is 5.50. The van der Waals surface area contributed by atoms with Gasteiger partial charge in [-0.15, -0.1) is 0 Å². The van der Waals surface area contributed by atoms with E-state index in [-0.39, 0.29) is 6.10 Å². The van der Waals surface area contributed by atoms with Crippen LogP contribution in [-0.4, -0.2) is 42.4 Å². The van der Waals surface area contributed by atoms with Gasteiger partial charge in [-0.25, -0.2) is 0 Å². The van der Waals surface area contributed by atoms with Crippen LogP contribution in [0.3, 0.4) is 0 Å². The van der Waals surface area contributed by atoms with Crippen molar-refractivity contribution in [1.29, 1.82) is 0 Å². The quantitative estimate of drug-likeness (QED) is 0.935. The molecule has 4 heteroatoms. The summed E-state index contributed by atoms with van der Waals surface area (Å²) >= 11 is 0. The van der Waals surface area contributed by atoms with Crippen molar-refractivity contribution in [1.82, 2.24) is 4.90 Å². The third kappa shape index (κ3) is 3.03. The van der Waals surface area contributed by atoms with Crippen molar-refractivity contribution in [3.8, 4) is 0 Å². The van der Waals surface area contributed by atoms with E-state index < -0.39 is 6.10 Å². The highest BCUT2D eigenvalue weighted by Crippen LogP contribution is 2.24. The van der Waals surface area contributed by atoms with Gasteiger partial charge < -0.3 is 14.3 Å². The first-order valence-electron chi connectivity index (χ1n) is 7.23. The van der Waals surface area contributed by atoms with E-state index in [4.69, 9.17) is 9.15 Å². The fraction of sp³-hybridized carbons (Fsp3) is 0.500. The maximum atomic E-state index is 10.4. The van der Waals surface area contributed by atoms with Gasteiger partial charge in [0.2, 0.25) is 0 Å².